The van der Waals surface area contributed by atoms with Crippen molar-refractivity contribution in [2.24, 2.45) is 17.6 Å². The zero-order chi connectivity index (χ0) is 14.8. The van der Waals surface area contributed by atoms with Crippen molar-refractivity contribution in [2.45, 2.75) is 84.1 Å². The summed E-state index contributed by atoms with van der Waals surface area (Å²) in [5.74, 6) is 1.56. The van der Waals surface area contributed by atoms with Crippen molar-refractivity contribution in [1.82, 2.24) is 5.32 Å². The van der Waals surface area contributed by atoms with Crippen molar-refractivity contribution in [3.63, 3.8) is 0 Å². The Bertz CT molecular complexity index is 260. The molecule has 0 bridgehead atoms. The minimum atomic E-state index is 0.274. The van der Waals surface area contributed by atoms with Crippen molar-refractivity contribution in [1.29, 1.82) is 0 Å². The number of hydrogen-bond acceptors (Lipinski definition) is 2. The second kappa shape index (κ2) is 10.2. The summed E-state index contributed by atoms with van der Waals surface area (Å²) >= 11 is 0. The molecule has 1 rings (SSSR count). The minimum Gasteiger partial charge on any atom is -0.353 e. The molecule has 1 unspecified atom stereocenters. The van der Waals surface area contributed by atoms with Crippen LogP contribution in [0.25, 0.3) is 0 Å². The second-order valence-corrected chi connectivity index (χ2v) is 6.52. The van der Waals surface area contributed by atoms with E-state index < -0.39 is 0 Å². The number of carbonyl (C=O) groups is 1. The van der Waals surface area contributed by atoms with E-state index in [1.807, 2.05) is 0 Å². The quantitative estimate of drug-likeness (QED) is 0.678. The lowest BCUT2D eigenvalue weighted by Gasteiger charge is -2.28. The molecule has 0 aromatic carbocycles. The van der Waals surface area contributed by atoms with Gasteiger partial charge in [0.15, 0.2) is 0 Å². The number of carbonyl (C=O) groups excluding carboxylic acids is 1. The minimum absolute atomic E-state index is 0.274. The molecule has 20 heavy (non-hydrogen) atoms. The van der Waals surface area contributed by atoms with Crippen molar-refractivity contribution in [3.8, 4) is 0 Å². The van der Waals surface area contributed by atoms with Gasteiger partial charge in [-0.1, -0.05) is 33.1 Å². The monoisotopic (exact) mass is 282 g/mol. The van der Waals surface area contributed by atoms with Crippen LogP contribution in [-0.4, -0.2) is 18.5 Å². The number of unbranched alkanes of at least 4 members (excludes halogenated alkanes) is 1. The number of nitrogens with one attached hydrogen (secondary N) is 1. The van der Waals surface area contributed by atoms with Crippen LogP contribution in [0.3, 0.4) is 0 Å². The van der Waals surface area contributed by atoms with Gasteiger partial charge in [0.2, 0.25) is 5.91 Å². The number of hydrogen-bond donors (Lipinski definition) is 2. The van der Waals surface area contributed by atoms with Crippen LogP contribution in [0.5, 0.6) is 0 Å². The van der Waals surface area contributed by atoms with E-state index in [0.717, 1.165) is 32.2 Å². The van der Waals surface area contributed by atoms with Crippen LogP contribution in [0.4, 0.5) is 0 Å². The molecule has 1 aliphatic carbocycles. The van der Waals surface area contributed by atoms with E-state index in [1.54, 1.807) is 0 Å². The maximum Gasteiger partial charge on any atom is 0.220 e. The van der Waals surface area contributed by atoms with Crippen molar-refractivity contribution in [2.75, 3.05) is 6.54 Å². The number of rotatable bonds is 9. The molecular formula is C17H34N2O. The molecule has 0 radical (unpaired) electrons. The largest absolute Gasteiger partial charge is 0.353 e. The van der Waals surface area contributed by atoms with Gasteiger partial charge >= 0.3 is 0 Å². The molecule has 0 heterocycles. The lowest BCUT2D eigenvalue weighted by Crippen LogP contribution is -2.36. The number of amides is 1. The number of nitrogens with two attached hydrogens (primary N) is 1. The summed E-state index contributed by atoms with van der Waals surface area (Å²) in [6.07, 6.45) is 11.3. The zero-order valence-corrected chi connectivity index (χ0v) is 13.5. The first-order chi connectivity index (χ1) is 9.69. The average Bonchev–Trinajstić information content (AvgIpc) is 2.45. The zero-order valence-electron chi connectivity index (χ0n) is 13.5. The Labute approximate surface area is 125 Å². The first kappa shape index (κ1) is 17.5. The molecule has 1 saturated carbocycles. The van der Waals surface area contributed by atoms with Gasteiger partial charge < -0.3 is 11.1 Å². The van der Waals surface area contributed by atoms with E-state index in [-0.39, 0.29) is 5.91 Å². The predicted molar refractivity (Wildman–Crippen MR) is 85.5 cm³/mol. The van der Waals surface area contributed by atoms with Crippen LogP contribution in [-0.2, 0) is 4.79 Å². The lowest BCUT2D eigenvalue weighted by molar-refractivity contribution is -0.123. The standard InChI is InChI=1S/C17H34N2O/c1-3-5-7-16(6-4-2)19-17(20)12-14-8-10-15(13-18)11-9-14/h14-16H,3-13,18H2,1-2H3,(H,19,20). The predicted octanol–water partition coefficient (Wildman–Crippen LogP) is 3.62. The van der Waals surface area contributed by atoms with Crippen LogP contribution >= 0.6 is 0 Å². The van der Waals surface area contributed by atoms with Gasteiger partial charge in [-0.2, -0.15) is 0 Å². The summed E-state index contributed by atoms with van der Waals surface area (Å²) in [7, 11) is 0. The fourth-order valence-electron chi connectivity index (χ4n) is 3.31. The Morgan fingerprint density at radius 3 is 2.30 bits per heavy atom. The van der Waals surface area contributed by atoms with Gasteiger partial charge in [-0.25, -0.2) is 0 Å². The van der Waals surface area contributed by atoms with Crippen LogP contribution in [0.15, 0.2) is 0 Å². The van der Waals surface area contributed by atoms with E-state index in [2.05, 4.69) is 19.2 Å². The Hall–Kier alpha value is -0.570. The van der Waals surface area contributed by atoms with E-state index in [4.69, 9.17) is 5.73 Å². The maximum atomic E-state index is 12.2. The Kier molecular flexibility index (Phi) is 8.92. The average molecular weight is 282 g/mol. The third-order valence-corrected chi connectivity index (χ3v) is 4.68. The molecule has 0 aliphatic heterocycles. The highest BCUT2D eigenvalue weighted by atomic mass is 16.1. The molecule has 1 atom stereocenters. The van der Waals surface area contributed by atoms with Crippen LogP contribution in [0, 0.1) is 11.8 Å². The summed E-state index contributed by atoms with van der Waals surface area (Å²) < 4.78 is 0. The van der Waals surface area contributed by atoms with E-state index in [0.29, 0.717) is 17.9 Å². The molecular weight excluding hydrogens is 248 g/mol. The summed E-state index contributed by atoms with van der Waals surface area (Å²) in [6.45, 7) is 5.22. The van der Waals surface area contributed by atoms with E-state index in [1.165, 1.54) is 38.5 Å². The van der Waals surface area contributed by atoms with Gasteiger partial charge in [0.05, 0.1) is 0 Å². The molecule has 118 valence electrons. The van der Waals surface area contributed by atoms with E-state index in [9.17, 15) is 4.79 Å². The molecule has 0 saturated heterocycles. The van der Waals surface area contributed by atoms with Gasteiger partial charge in [0, 0.05) is 12.5 Å². The Morgan fingerprint density at radius 2 is 1.75 bits per heavy atom. The highest BCUT2D eigenvalue weighted by Gasteiger charge is 2.23. The normalized spacial score (nSPS) is 24.4. The third-order valence-electron chi connectivity index (χ3n) is 4.68. The molecule has 1 amide bonds. The van der Waals surface area contributed by atoms with Gasteiger partial charge in [-0.3, -0.25) is 4.79 Å². The summed E-state index contributed by atoms with van der Waals surface area (Å²) in [5.41, 5.74) is 5.72. The lowest BCUT2D eigenvalue weighted by atomic mass is 9.80. The molecule has 0 aromatic rings. The summed E-state index contributed by atoms with van der Waals surface area (Å²) in [6, 6.07) is 0.396. The summed E-state index contributed by atoms with van der Waals surface area (Å²) in [4.78, 5) is 12.2. The fraction of sp³-hybridized carbons (Fsp3) is 0.941. The molecule has 3 N–H and O–H groups in total. The SMILES string of the molecule is CCCCC(CCC)NC(=O)CC1CCC(CN)CC1. The molecule has 3 heteroatoms. The highest BCUT2D eigenvalue weighted by molar-refractivity contribution is 5.76. The first-order valence-electron chi connectivity index (χ1n) is 8.68. The molecule has 1 aliphatic rings. The van der Waals surface area contributed by atoms with Crippen LogP contribution in [0.1, 0.15) is 78.1 Å². The van der Waals surface area contributed by atoms with Crippen LogP contribution < -0.4 is 11.1 Å². The van der Waals surface area contributed by atoms with Gasteiger partial charge in [-0.15, -0.1) is 0 Å². The summed E-state index contributed by atoms with van der Waals surface area (Å²) in [5, 5.41) is 3.26. The Morgan fingerprint density at radius 1 is 1.10 bits per heavy atom. The van der Waals surface area contributed by atoms with Crippen molar-refractivity contribution >= 4 is 5.91 Å². The van der Waals surface area contributed by atoms with Crippen molar-refractivity contribution < 1.29 is 4.79 Å². The maximum absolute atomic E-state index is 12.2. The Balaban J connectivity index is 2.26. The second-order valence-electron chi connectivity index (χ2n) is 6.52. The van der Waals surface area contributed by atoms with Gasteiger partial charge in [-0.05, 0) is 56.9 Å². The topological polar surface area (TPSA) is 55.1 Å². The molecule has 3 nitrogen and oxygen atoms in total. The molecule has 0 spiro atoms. The smallest absolute Gasteiger partial charge is 0.220 e. The third kappa shape index (κ3) is 6.74. The molecule has 1 fully saturated rings. The van der Waals surface area contributed by atoms with E-state index >= 15 is 0 Å². The molecule has 0 aromatic heterocycles. The van der Waals surface area contributed by atoms with Crippen molar-refractivity contribution in [3.05, 3.63) is 0 Å². The first-order valence-corrected chi connectivity index (χ1v) is 8.68. The van der Waals surface area contributed by atoms with Gasteiger partial charge in [0.25, 0.3) is 0 Å². The van der Waals surface area contributed by atoms with Crippen LogP contribution in [0.2, 0.25) is 0 Å². The highest BCUT2D eigenvalue weighted by Crippen LogP contribution is 2.30. The fourth-order valence-corrected chi connectivity index (χ4v) is 3.31. The van der Waals surface area contributed by atoms with Gasteiger partial charge in [0.1, 0.15) is 0 Å².